The van der Waals surface area contributed by atoms with Crippen LogP contribution in [0.2, 0.25) is 0 Å². The monoisotopic (exact) mass is 350 g/mol. The summed E-state index contributed by atoms with van der Waals surface area (Å²) in [7, 11) is 1.81. The van der Waals surface area contributed by atoms with Gasteiger partial charge in [0.25, 0.3) is 5.91 Å². The number of carbonyl (C=O) groups excluding carboxylic acids is 1. The predicted octanol–water partition coefficient (Wildman–Crippen LogP) is 3.83. The summed E-state index contributed by atoms with van der Waals surface area (Å²) in [5.41, 5.74) is 4.96. The summed E-state index contributed by atoms with van der Waals surface area (Å²) in [6.45, 7) is 5.75. The van der Waals surface area contributed by atoms with Gasteiger partial charge in [-0.15, -0.1) is 0 Å². The zero-order valence-corrected chi connectivity index (χ0v) is 15.3. The Bertz CT molecular complexity index is 990. The van der Waals surface area contributed by atoms with Crippen LogP contribution < -0.4 is 9.47 Å². The highest BCUT2D eigenvalue weighted by Crippen LogP contribution is 2.31. The van der Waals surface area contributed by atoms with Crippen LogP contribution in [0.4, 0.5) is 0 Å². The van der Waals surface area contributed by atoms with Crippen LogP contribution >= 0.6 is 0 Å². The van der Waals surface area contributed by atoms with Gasteiger partial charge in [0.2, 0.25) is 0 Å². The van der Waals surface area contributed by atoms with Crippen molar-refractivity contribution in [2.45, 2.75) is 20.4 Å². The van der Waals surface area contributed by atoms with Crippen molar-refractivity contribution in [1.29, 1.82) is 0 Å². The van der Waals surface area contributed by atoms with Crippen LogP contribution in [-0.4, -0.2) is 36.1 Å². The normalized spacial score (nSPS) is 13.0. The minimum atomic E-state index is -0.0341. The van der Waals surface area contributed by atoms with Crippen LogP contribution in [0.3, 0.4) is 0 Å². The third-order valence-electron chi connectivity index (χ3n) is 4.69. The van der Waals surface area contributed by atoms with E-state index in [9.17, 15) is 4.79 Å². The Kier molecular flexibility index (Phi) is 4.07. The molecule has 2 heterocycles. The molecule has 4 rings (SSSR count). The number of rotatable bonds is 3. The number of aryl methyl sites for hydroxylation is 2. The maximum atomic E-state index is 12.8. The molecule has 0 radical (unpaired) electrons. The number of benzene rings is 2. The Morgan fingerprint density at radius 2 is 1.85 bits per heavy atom. The molecule has 0 saturated heterocycles. The molecule has 5 heteroatoms. The van der Waals surface area contributed by atoms with Gasteiger partial charge in [-0.05, 0) is 54.8 Å². The van der Waals surface area contributed by atoms with Gasteiger partial charge in [0, 0.05) is 24.5 Å². The molecule has 2 aromatic carbocycles. The van der Waals surface area contributed by atoms with Crippen molar-refractivity contribution in [2.75, 3.05) is 20.3 Å². The van der Waals surface area contributed by atoms with E-state index < -0.39 is 0 Å². The number of nitrogens with zero attached hydrogens (tertiary/aromatic N) is 1. The van der Waals surface area contributed by atoms with Crippen molar-refractivity contribution in [3.63, 3.8) is 0 Å². The molecule has 0 unspecified atom stereocenters. The molecule has 1 aliphatic rings. The van der Waals surface area contributed by atoms with Gasteiger partial charge >= 0.3 is 0 Å². The second kappa shape index (κ2) is 6.41. The van der Waals surface area contributed by atoms with Crippen molar-refractivity contribution in [3.8, 4) is 11.5 Å². The average molecular weight is 350 g/mol. The number of aromatic nitrogens is 1. The fourth-order valence-corrected chi connectivity index (χ4v) is 3.45. The van der Waals surface area contributed by atoms with Crippen molar-refractivity contribution < 1.29 is 14.3 Å². The highest BCUT2D eigenvalue weighted by Gasteiger charge is 2.17. The van der Waals surface area contributed by atoms with Gasteiger partial charge in [-0.2, -0.15) is 0 Å². The largest absolute Gasteiger partial charge is 0.486 e. The molecule has 1 N–H and O–H groups in total. The van der Waals surface area contributed by atoms with E-state index in [1.807, 2.05) is 31.3 Å². The molecular weight excluding hydrogens is 328 g/mol. The quantitative estimate of drug-likeness (QED) is 0.781. The van der Waals surface area contributed by atoms with E-state index in [1.165, 1.54) is 11.1 Å². The van der Waals surface area contributed by atoms with Gasteiger partial charge in [-0.25, -0.2) is 0 Å². The molecule has 0 bridgehead atoms. The second-order valence-electron chi connectivity index (χ2n) is 6.87. The lowest BCUT2D eigenvalue weighted by Gasteiger charge is -2.21. The van der Waals surface area contributed by atoms with Crippen LogP contribution in [0, 0.1) is 13.8 Å². The lowest BCUT2D eigenvalue weighted by molar-refractivity contribution is 0.0780. The first-order valence-corrected chi connectivity index (χ1v) is 8.75. The minimum absolute atomic E-state index is 0.0341. The summed E-state index contributed by atoms with van der Waals surface area (Å²) in [5, 5.41) is 1.09. The number of nitrogens with one attached hydrogen (secondary N) is 1. The predicted molar refractivity (Wildman–Crippen MR) is 101 cm³/mol. The second-order valence-corrected chi connectivity index (χ2v) is 6.87. The number of carbonyl (C=O) groups is 1. The molecule has 0 aliphatic carbocycles. The molecule has 0 fully saturated rings. The number of fused-ring (bicyclic) bond motifs is 2. The maximum Gasteiger partial charge on any atom is 0.270 e. The zero-order valence-electron chi connectivity index (χ0n) is 15.3. The van der Waals surface area contributed by atoms with Crippen molar-refractivity contribution in [2.24, 2.45) is 0 Å². The Morgan fingerprint density at radius 3 is 2.65 bits per heavy atom. The van der Waals surface area contributed by atoms with Crippen LogP contribution in [0.1, 0.15) is 27.2 Å². The maximum absolute atomic E-state index is 12.8. The summed E-state index contributed by atoms with van der Waals surface area (Å²) >= 11 is 0. The Hall–Kier alpha value is -2.95. The van der Waals surface area contributed by atoms with E-state index in [1.54, 1.807) is 4.90 Å². The topological polar surface area (TPSA) is 54.6 Å². The molecule has 1 amide bonds. The van der Waals surface area contributed by atoms with Gasteiger partial charge in [0.05, 0.1) is 0 Å². The van der Waals surface area contributed by atoms with Crippen molar-refractivity contribution >= 4 is 16.8 Å². The molecule has 1 aromatic heterocycles. The smallest absolute Gasteiger partial charge is 0.270 e. The lowest BCUT2D eigenvalue weighted by Crippen LogP contribution is -2.26. The number of ether oxygens (including phenoxy) is 2. The lowest BCUT2D eigenvalue weighted by atomic mass is 10.1. The first-order chi connectivity index (χ1) is 12.5. The third kappa shape index (κ3) is 3.01. The molecule has 134 valence electrons. The summed E-state index contributed by atoms with van der Waals surface area (Å²) < 4.78 is 11.2. The van der Waals surface area contributed by atoms with Gasteiger partial charge in [0.15, 0.2) is 11.5 Å². The number of aromatic amines is 1. The molecule has 26 heavy (non-hydrogen) atoms. The van der Waals surface area contributed by atoms with Crippen LogP contribution in [-0.2, 0) is 6.54 Å². The highest BCUT2D eigenvalue weighted by atomic mass is 16.6. The Morgan fingerprint density at radius 1 is 1.08 bits per heavy atom. The van der Waals surface area contributed by atoms with Crippen LogP contribution in [0.5, 0.6) is 11.5 Å². The standard InChI is InChI=1S/C21H22N2O3/c1-13-8-14(2)16-11-18(22-17(16)9-13)21(24)23(3)12-15-4-5-19-20(10-15)26-7-6-25-19/h4-5,8-11,22H,6-7,12H2,1-3H3. The fraction of sp³-hybridized carbons (Fsp3) is 0.286. The number of hydrogen-bond donors (Lipinski definition) is 1. The van der Waals surface area contributed by atoms with Crippen molar-refractivity contribution in [1.82, 2.24) is 9.88 Å². The molecule has 0 atom stereocenters. The average Bonchev–Trinajstić information content (AvgIpc) is 3.05. The summed E-state index contributed by atoms with van der Waals surface area (Å²) in [6.07, 6.45) is 0. The van der Waals surface area contributed by atoms with Gasteiger partial charge in [-0.1, -0.05) is 12.1 Å². The molecular formula is C21H22N2O3. The summed E-state index contributed by atoms with van der Waals surface area (Å²) in [4.78, 5) is 17.8. The minimum Gasteiger partial charge on any atom is -0.486 e. The molecule has 1 aliphatic heterocycles. The molecule has 0 saturated carbocycles. The van der Waals surface area contributed by atoms with Gasteiger partial charge < -0.3 is 19.4 Å². The SMILES string of the molecule is Cc1cc(C)c2cc(C(=O)N(C)Cc3ccc4c(c3)OCCO4)[nH]c2c1. The zero-order chi connectivity index (χ0) is 18.3. The van der Waals surface area contributed by atoms with E-state index in [2.05, 4.69) is 31.0 Å². The van der Waals surface area contributed by atoms with Crippen LogP contribution in [0.25, 0.3) is 10.9 Å². The number of H-pyrrole nitrogens is 1. The molecule has 0 spiro atoms. The third-order valence-corrected chi connectivity index (χ3v) is 4.69. The van der Waals surface area contributed by atoms with Gasteiger partial charge in [-0.3, -0.25) is 4.79 Å². The van der Waals surface area contributed by atoms with Crippen LogP contribution in [0.15, 0.2) is 36.4 Å². The summed E-state index contributed by atoms with van der Waals surface area (Å²) in [6, 6.07) is 11.9. The van der Waals surface area contributed by atoms with E-state index in [0.29, 0.717) is 25.5 Å². The highest BCUT2D eigenvalue weighted by molar-refractivity contribution is 5.98. The fourth-order valence-electron chi connectivity index (χ4n) is 3.45. The van der Waals surface area contributed by atoms with Crippen molar-refractivity contribution in [3.05, 3.63) is 58.8 Å². The molecule has 3 aromatic rings. The van der Waals surface area contributed by atoms with Gasteiger partial charge in [0.1, 0.15) is 18.9 Å². The van der Waals surface area contributed by atoms with E-state index in [4.69, 9.17) is 9.47 Å². The first kappa shape index (κ1) is 16.5. The Labute approximate surface area is 152 Å². The van der Waals surface area contributed by atoms with E-state index >= 15 is 0 Å². The Balaban J connectivity index is 1.55. The number of amides is 1. The number of hydrogen-bond acceptors (Lipinski definition) is 3. The molecule has 5 nitrogen and oxygen atoms in total. The summed E-state index contributed by atoms with van der Waals surface area (Å²) in [5.74, 6) is 1.47. The van der Waals surface area contributed by atoms with E-state index in [0.717, 1.165) is 28.0 Å². The van der Waals surface area contributed by atoms with E-state index in [-0.39, 0.29) is 5.91 Å². The first-order valence-electron chi connectivity index (χ1n) is 8.75.